The van der Waals surface area contributed by atoms with Crippen molar-refractivity contribution in [3.63, 3.8) is 0 Å². The molecule has 0 bridgehead atoms. The number of ether oxygens (including phenoxy) is 2. The van der Waals surface area contributed by atoms with Gasteiger partial charge in [0.1, 0.15) is 0 Å². The molecule has 0 radical (unpaired) electrons. The van der Waals surface area contributed by atoms with Gasteiger partial charge in [0, 0.05) is 10.8 Å². The van der Waals surface area contributed by atoms with Gasteiger partial charge in [-0.1, -0.05) is 199 Å². The highest BCUT2D eigenvalue weighted by atomic mass is 16.5. The molecule has 0 unspecified atom stereocenters. The third kappa shape index (κ3) is 7.22. The van der Waals surface area contributed by atoms with Crippen LogP contribution in [-0.2, 0) is 0 Å². The zero-order valence-corrected chi connectivity index (χ0v) is 37.6. The Hall–Kier alpha value is -6.38. The van der Waals surface area contributed by atoms with E-state index in [1.165, 1.54) is 162 Å². The van der Waals surface area contributed by atoms with E-state index in [2.05, 4.69) is 159 Å². The molecule has 0 aliphatic rings. The van der Waals surface area contributed by atoms with Crippen LogP contribution < -0.4 is 9.47 Å². The van der Waals surface area contributed by atoms with Crippen molar-refractivity contribution in [2.45, 2.75) is 90.9 Å². The third-order valence-electron chi connectivity index (χ3n) is 14.2. The first kappa shape index (κ1) is 40.4. The Balaban J connectivity index is 1.10. The smallest absolute Gasteiger partial charge is 0.169 e. The monoisotopic (exact) mass is 834 g/mol. The van der Waals surface area contributed by atoms with E-state index in [0.717, 1.165) is 35.1 Å². The van der Waals surface area contributed by atoms with Crippen molar-refractivity contribution in [3.8, 4) is 33.8 Å². The van der Waals surface area contributed by atoms with Gasteiger partial charge in [-0.25, -0.2) is 0 Å². The quantitative estimate of drug-likeness (QED) is 0.0633. The van der Waals surface area contributed by atoms with Crippen LogP contribution in [0.1, 0.15) is 90.9 Å². The predicted octanol–water partition coefficient (Wildman–Crippen LogP) is 18.6. The van der Waals surface area contributed by atoms with E-state index >= 15 is 0 Å². The van der Waals surface area contributed by atoms with Crippen LogP contribution in [0.5, 0.6) is 11.5 Å². The molecule has 0 aliphatic heterocycles. The van der Waals surface area contributed by atoms with E-state index in [4.69, 9.17) is 9.47 Å². The molecule has 0 spiro atoms. The summed E-state index contributed by atoms with van der Waals surface area (Å²) in [6.07, 6.45) is 14.7. The minimum atomic E-state index is 0.678. The minimum absolute atomic E-state index is 0.678. The summed E-state index contributed by atoms with van der Waals surface area (Å²) in [4.78, 5) is 0. The number of fused-ring (bicyclic) bond motifs is 3. The van der Waals surface area contributed by atoms with Gasteiger partial charge in [-0.3, -0.25) is 0 Å². The molecule has 0 heterocycles. The molecule has 0 aromatic heterocycles. The number of hydrogen-bond acceptors (Lipinski definition) is 2. The molecule has 2 nitrogen and oxygen atoms in total. The molecule has 0 aliphatic carbocycles. The lowest BCUT2D eigenvalue weighted by atomic mass is 9.87. The first-order chi connectivity index (χ1) is 31.7. The van der Waals surface area contributed by atoms with Crippen molar-refractivity contribution in [1.29, 1.82) is 0 Å². The molecular weight excluding hydrogens is 777 g/mol. The molecule has 0 saturated heterocycles. The maximum atomic E-state index is 6.98. The number of rotatable bonds is 18. The summed E-state index contributed by atoms with van der Waals surface area (Å²) in [6, 6.07) is 55.1. The lowest BCUT2D eigenvalue weighted by molar-refractivity contribution is 0.263. The van der Waals surface area contributed by atoms with Crippen LogP contribution in [-0.4, -0.2) is 13.2 Å². The zero-order valence-electron chi connectivity index (χ0n) is 37.6. The molecule has 11 rings (SSSR count). The summed E-state index contributed by atoms with van der Waals surface area (Å²) < 4.78 is 14.0. The summed E-state index contributed by atoms with van der Waals surface area (Å²) in [7, 11) is 0. The highest BCUT2D eigenvalue weighted by molar-refractivity contribution is 6.27. The van der Waals surface area contributed by atoms with Gasteiger partial charge in [-0.05, 0) is 135 Å². The molecule has 64 heavy (non-hydrogen) atoms. The molecular formula is C62H58O2. The van der Waals surface area contributed by atoms with Gasteiger partial charge in [-0.2, -0.15) is 0 Å². The van der Waals surface area contributed by atoms with E-state index < -0.39 is 0 Å². The third-order valence-corrected chi connectivity index (χ3v) is 14.2. The molecule has 11 aromatic rings. The van der Waals surface area contributed by atoms with Crippen molar-refractivity contribution in [2.24, 2.45) is 0 Å². The van der Waals surface area contributed by atoms with Crippen LogP contribution in [0.2, 0.25) is 0 Å². The topological polar surface area (TPSA) is 18.5 Å². The molecule has 318 valence electrons. The van der Waals surface area contributed by atoms with Crippen molar-refractivity contribution < 1.29 is 9.47 Å². The summed E-state index contributed by atoms with van der Waals surface area (Å²) in [6.45, 7) is 5.92. The van der Waals surface area contributed by atoms with E-state index in [0.29, 0.717) is 13.2 Å². The van der Waals surface area contributed by atoms with Crippen LogP contribution in [0.4, 0.5) is 0 Å². The van der Waals surface area contributed by atoms with Crippen LogP contribution in [0.3, 0.4) is 0 Å². The van der Waals surface area contributed by atoms with Crippen molar-refractivity contribution in [2.75, 3.05) is 13.2 Å². The second-order valence-electron chi connectivity index (χ2n) is 18.3. The van der Waals surface area contributed by atoms with Crippen molar-refractivity contribution >= 4 is 86.2 Å². The summed E-state index contributed by atoms with van der Waals surface area (Å²) in [5.74, 6) is 1.78. The summed E-state index contributed by atoms with van der Waals surface area (Å²) in [5, 5.41) is 20.3. The minimum Gasteiger partial charge on any atom is -0.489 e. The summed E-state index contributed by atoms with van der Waals surface area (Å²) >= 11 is 0. The fourth-order valence-corrected chi connectivity index (χ4v) is 10.9. The van der Waals surface area contributed by atoms with Crippen molar-refractivity contribution in [3.05, 3.63) is 146 Å². The van der Waals surface area contributed by atoms with E-state index in [-0.39, 0.29) is 0 Å². The number of hydrogen-bond donors (Lipinski definition) is 0. The van der Waals surface area contributed by atoms with E-state index in [1.807, 2.05) is 0 Å². The Bertz CT molecular complexity index is 3170. The first-order valence-corrected chi connectivity index (χ1v) is 24.3. The van der Waals surface area contributed by atoms with Gasteiger partial charge in [-0.15, -0.1) is 0 Å². The SMILES string of the molecule is CCCCCCCCOc1c(OCCCCCCCC)c2ccc(-c3ccc4ccc5cccc6ccc3c4c56)cc2c2cc(-c3ccc4ccc5cccc6ccc3c4c56)ccc12. The van der Waals surface area contributed by atoms with Gasteiger partial charge < -0.3 is 9.47 Å². The fraction of sp³-hybridized carbons (Fsp3) is 0.258. The molecule has 0 fully saturated rings. The largest absolute Gasteiger partial charge is 0.489 e. The normalized spacial score (nSPS) is 12.2. The molecule has 0 saturated carbocycles. The van der Waals surface area contributed by atoms with Gasteiger partial charge in [0.25, 0.3) is 0 Å². The average molecular weight is 835 g/mol. The van der Waals surface area contributed by atoms with Gasteiger partial charge >= 0.3 is 0 Å². The predicted molar refractivity (Wildman–Crippen MR) is 277 cm³/mol. The molecule has 0 amide bonds. The van der Waals surface area contributed by atoms with Crippen LogP contribution >= 0.6 is 0 Å². The Morgan fingerprint density at radius 3 is 1.06 bits per heavy atom. The van der Waals surface area contributed by atoms with Gasteiger partial charge in [0.15, 0.2) is 11.5 Å². The Morgan fingerprint density at radius 1 is 0.297 bits per heavy atom. The number of unbranched alkanes of at least 4 members (excludes halogenated alkanes) is 10. The maximum Gasteiger partial charge on any atom is 0.169 e. The maximum absolute atomic E-state index is 6.98. The molecule has 0 N–H and O–H groups in total. The molecule has 2 heteroatoms. The Labute approximate surface area is 377 Å². The fourth-order valence-electron chi connectivity index (χ4n) is 10.9. The second kappa shape index (κ2) is 17.6. The van der Waals surface area contributed by atoms with Crippen LogP contribution in [0, 0.1) is 0 Å². The average Bonchev–Trinajstić information content (AvgIpc) is 3.34. The lowest BCUT2D eigenvalue weighted by Gasteiger charge is -2.21. The van der Waals surface area contributed by atoms with Crippen molar-refractivity contribution in [1.82, 2.24) is 0 Å². The second-order valence-corrected chi connectivity index (χ2v) is 18.3. The standard InChI is InChI=1S/C62H58O2/c1-3-5-7-9-11-13-37-63-61-53-35-29-47(49-31-25-45-23-21-41-17-15-19-43-27-33-51(49)59(45)57(41)43)39-55(53)56-40-48(30-36-54(56)62(61)64-38-14-12-10-8-6-4-2)50-32-26-46-24-22-42-18-16-20-44-28-34-52(50)60(46)58(42)44/h15-36,39-40H,3-14,37-38H2,1-2H3. The molecule has 11 aromatic carbocycles. The highest BCUT2D eigenvalue weighted by Gasteiger charge is 2.21. The van der Waals surface area contributed by atoms with Gasteiger partial charge in [0.05, 0.1) is 13.2 Å². The number of benzene rings is 11. The Morgan fingerprint density at radius 2 is 0.641 bits per heavy atom. The van der Waals surface area contributed by atoms with E-state index in [9.17, 15) is 0 Å². The van der Waals surface area contributed by atoms with Gasteiger partial charge in [0.2, 0.25) is 0 Å². The summed E-state index contributed by atoms with van der Waals surface area (Å²) in [5.41, 5.74) is 4.92. The van der Waals surface area contributed by atoms with Crippen LogP contribution in [0.15, 0.2) is 146 Å². The lowest BCUT2D eigenvalue weighted by Crippen LogP contribution is -2.04. The Kier molecular flexibility index (Phi) is 11.1. The zero-order chi connectivity index (χ0) is 43.0. The highest BCUT2D eigenvalue weighted by Crippen LogP contribution is 2.48. The van der Waals surface area contributed by atoms with Crippen LogP contribution in [0.25, 0.3) is 108 Å². The molecule has 0 atom stereocenters. The first-order valence-electron chi connectivity index (χ1n) is 24.3. The van der Waals surface area contributed by atoms with E-state index in [1.54, 1.807) is 0 Å².